The van der Waals surface area contributed by atoms with Gasteiger partial charge < -0.3 is 4.74 Å². The van der Waals surface area contributed by atoms with E-state index in [2.05, 4.69) is 39.1 Å². The quantitative estimate of drug-likeness (QED) is 0.685. The summed E-state index contributed by atoms with van der Waals surface area (Å²) < 4.78 is 6.34. The van der Waals surface area contributed by atoms with Crippen LogP contribution in [0.25, 0.3) is 22.0 Å². The van der Waals surface area contributed by atoms with Gasteiger partial charge in [0, 0.05) is 15.9 Å². The first-order valence-electron chi connectivity index (χ1n) is 5.97. The fourth-order valence-electron chi connectivity index (χ4n) is 2.13. The second-order valence-corrected chi connectivity index (χ2v) is 5.16. The SMILES string of the molecule is COc1cc(-c2ccccc2)c2cc(Br)ccc2n1. The Morgan fingerprint density at radius 1 is 1.00 bits per heavy atom. The molecule has 3 aromatic rings. The van der Waals surface area contributed by atoms with Gasteiger partial charge in [-0.1, -0.05) is 46.3 Å². The van der Waals surface area contributed by atoms with E-state index in [4.69, 9.17) is 4.74 Å². The minimum Gasteiger partial charge on any atom is -0.481 e. The molecule has 0 unspecified atom stereocenters. The molecule has 0 N–H and O–H groups in total. The van der Waals surface area contributed by atoms with Crippen LogP contribution < -0.4 is 4.74 Å². The first kappa shape index (κ1) is 12.2. The molecule has 3 rings (SSSR count). The summed E-state index contributed by atoms with van der Waals surface area (Å²) in [5.74, 6) is 0.633. The highest BCUT2D eigenvalue weighted by molar-refractivity contribution is 9.10. The third-order valence-electron chi connectivity index (χ3n) is 3.04. The maximum Gasteiger partial charge on any atom is 0.214 e. The number of pyridine rings is 1. The van der Waals surface area contributed by atoms with Gasteiger partial charge in [-0.05, 0) is 29.3 Å². The predicted octanol–water partition coefficient (Wildman–Crippen LogP) is 4.67. The summed E-state index contributed by atoms with van der Waals surface area (Å²) in [6, 6.07) is 18.3. The summed E-state index contributed by atoms with van der Waals surface area (Å²) in [5, 5.41) is 1.11. The van der Waals surface area contributed by atoms with Gasteiger partial charge in [0.1, 0.15) is 0 Å². The Balaban J connectivity index is 2.35. The number of ether oxygens (including phenoxy) is 1. The number of rotatable bonds is 2. The zero-order valence-corrected chi connectivity index (χ0v) is 12.0. The van der Waals surface area contributed by atoms with E-state index < -0.39 is 0 Å². The molecule has 0 atom stereocenters. The van der Waals surface area contributed by atoms with Gasteiger partial charge in [-0.2, -0.15) is 0 Å². The largest absolute Gasteiger partial charge is 0.481 e. The molecule has 1 heterocycles. The second-order valence-electron chi connectivity index (χ2n) is 4.24. The highest BCUT2D eigenvalue weighted by atomic mass is 79.9. The van der Waals surface area contributed by atoms with Crippen molar-refractivity contribution < 1.29 is 4.74 Å². The number of halogens is 1. The van der Waals surface area contributed by atoms with Crippen LogP contribution in [0, 0.1) is 0 Å². The van der Waals surface area contributed by atoms with Gasteiger partial charge in [0.05, 0.1) is 12.6 Å². The zero-order valence-electron chi connectivity index (χ0n) is 10.4. The number of hydrogen-bond acceptors (Lipinski definition) is 2. The first-order chi connectivity index (χ1) is 9.28. The number of aromatic nitrogens is 1. The van der Waals surface area contributed by atoms with E-state index in [0.29, 0.717) is 5.88 Å². The lowest BCUT2D eigenvalue weighted by atomic mass is 10.0. The number of methoxy groups -OCH3 is 1. The van der Waals surface area contributed by atoms with Crippen LogP contribution in [0.15, 0.2) is 59.1 Å². The molecule has 2 nitrogen and oxygen atoms in total. The molecule has 0 saturated heterocycles. The van der Waals surface area contributed by atoms with Crippen molar-refractivity contribution in [1.29, 1.82) is 0 Å². The Morgan fingerprint density at radius 3 is 2.53 bits per heavy atom. The second kappa shape index (κ2) is 5.02. The maximum atomic E-state index is 5.29. The zero-order chi connectivity index (χ0) is 13.2. The van der Waals surface area contributed by atoms with Crippen LogP contribution in [0.2, 0.25) is 0 Å². The number of fused-ring (bicyclic) bond motifs is 1. The fraction of sp³-hybridized carbons (Fsp3) is 0.0625. The summed E-state index contributed by atoms with van der Waals surface area (Å²) in [5.41, 5.74) is 3.22. The fourth-order valence-corrected chi connectivity index (χ4v) is 2.50. The molecule has 0 saturated carbocycles. The Kier molecular flexibility index (Phi) is 3.22. The van der Waals surface area contributed by atoms with E-state index in [-0.39, 0.29) is 0 Å². The molecule has 2 aromatic carbocycles. The Hall–Kier alpha value is -1.87. The van der Waals surface area contributed by atoms with Crippen LogP contribution >= 0.6 is 15.9 Å². The van der Waals surface area contributed by atoms with Crippen LogP contribution in [-0.4, -0.2) is 12.1 Å². The standard InChI is InChI=1S/C16H12BrNO/c1-19-16-10-13(11-5-3-2-4-6-11)14-9-12(17)7-8-15(14)18-16/h2-10H,1H3. The van der Waals surface area contributed by atoms with E-state index >= 15 is 0 Å². The predicted molar refractivity (Wildman–Crippen MR) is 81.4 cm³/mol. The minimum atomic E-state index is 0.633. The Bertz CT molecular complexity index is 725. The third-order valence-corrected chi connectivity index (χ3v) is 3.53. The van der Waals surface area contributed by atoms with E-state index in [9.17, 15) is 0 Å². The van der Waals surface area contributed by atoms with Crippen molar-refractivity contribution in [3.8, 4) is 17.0 Å². The minimum absolute atomic E-state index is 0.633. The smallest absolute Gasteiger partial charge is 0.214 e. The molecule has 0 bridgehead atoms. The molecule has 94 valence electrons. The molecule has 0 fully saturated rings. The van der Waals surface area contributed by atoms with Crippen LogP contribution in [0.5, 0.6) is 5.88 Å². The molecule has 0 aliphatic carbocycles. The monoisotopic (exact) mass is 313 g/mol. The molecule has 0 spiro atoms. The van der Waals surface area contributed by atoms with Crippen LogP contribution in [-0.2, 0) is 0 Å². The maximum absolute atomic E-state index is 5.29. The summed E-state index contributed by atoms with van der Waals surface area (Å²) in [4.78, 5) is 4.48. The topological polar surface area (TPSA) is 22.1 Å². The Morgan fingerprint density at radius 2 is 1.79 bits per heavy atom. The molecular formula is C16H12BrNO. The lowest BCUT2D eigenvalue weighted by Crippen LogP contribution is -1.91. The lowest BCUT2D eigenvalue weighted by molar-refractivity contribution is 0.400. The van der Waals surface area contributed by atoms with Gasteiger partial charge in [-0.15, -0.1) is 0 Å². The first-order valence-corrected chi connectivity index (χ1v) is 6.77. The van der Waals surface area contributed by atoms with Crippen molar-refractivity contribution in [3.63, 3.8) is 0 Å². The molecule has 0 aliphatic heterocycles. The summed E-state index contributed by atoms with van der Waals surface area (Å²) in [7, 11) is 1.64. The summed E-state index contributed by atoms with van der Waals surface area (Å²) in [6.07, 6.45) is 0. The van der Waals surface area contributed by atoms with Gasteiger partial charge in [-0.3, -0.25) is 0 Å². The van der Waals surface area contributed by atoms with Crippen molar-refractivity contribution in [2.75, 3.05) is 7.11 Å². The highest BCUT2D eigenvalue weighted by Gasteiger charge is 2.08. The van der Waals surface area contributed by atoms with E-state index in [1.807, 2.05) is 36.4 Å². The van der Waals surface area contributed by atoms with Crippen LogP contribution in [0.3, 0.4) is 0 Å². The molecule has 0 aliphatic rings. The number of nitrogens with zero attached hydrogens (tertiary/aromatic N) is 1. The summed E-state index contributed by atoms with van der Waals surface area (Å²) >= 11 is 3.52. The van der Waals surface area contributed by atoms with Crippen molar-refractivity contribution in [1.82, 2.24) is 4.98 Å². The third kappa shape index (κ3) is 2.34. The average Bonchev–Trinajstić information content (AvgIpc) is 2.47. The van der Waals surface area contributed by atoms with Crippen molar-refractivity contribution in [2.24, 2.45) is 0 Å². The van der Waals surface area contributed by atoms with Crippen LogP contribution in [0.1, 0.15) is 0 Å². The molecule has 19 heavy (non-hydrogen) atoms. The van der Waals surface area contributed by atoms with Crippen molar-refractivity contribution in [3.05, 3.63) is 59.1 Å². The molecule has 0 radical (unpaired) electrons. The number of benzene rings is 2. The van der Waals surface area contributed by atoms with Crippen LogP contribution in [0.4, 0.5) is 0 Å². The molecular weight excluding hydrogens is 302 g/mol. The highest BCUT2D eigenvalue weighted by Crippen LogP contribution is 2.32. The molecule has 0 amide bonds. The van der Waals surface area contributed by atoms with Crippen molar-refractivity contribution in [2.45, 2.75) is 0 Å². The van der Waals surface area contributed by atoms with E-state index in [0.717, 1.165) is 26.5 Å². The lowest BCUT2D eigenvalue weighted by Gasteiger charge is -2.09. The summed E-state index contributed by atoms with van der Waals surface area (Å²) in [6.45, 7) is 0. The van der Waals surface area contributed by atoms with Gasteiger partial charge >= 0.3 is 0 Å². The van der Waals surface area contributed by atoms with E-state index in [1.54, 1.807) is 7.11 Å². The number of hydrogen-bond donors (Lipinski definition) is 0. The van der Waals surface area contributed by atoms with Gasteiger partial charge in [-0.25, -0.2) is 4.98 Å². The van der Waals surface area contributed by atoms with E-state index in [1.165, 1.54) is 0 Å². The molecule has 1 aromatic heterocycles. The van der Waals surface area contributed by atoms with Gasteiger partial charge in [0.25, 0.3) is 0 Å². The van der Waals surface area contributed by atoms with Gasteiger partial charge in [0.2, 0.25) is 5.88 Å². The Labute approximate surface area is 120 Å². The average molecular weight is 314 g/mol. The van der Waals surface area contributed by atoms with Gasteiger partial charge in [0.15, 0.2) is 0 Å². The normalized spacial score (nSPS) is 10.6. The van der Waals surface area contributed by atoms with Crippen molar-refractivity contribution >= 4 is 26.8 Å². The molecule has 3 heteroatoms.